The second-order valence-corrected chi connectivity index (χ2v) is 3.46. The van der Waals surface area contributed by atoms with Gasteiger partial charge in [0, 0.05) is 0 Å². The van der Waals surface area contributed by atoms with Crippen LogP contribution in [0.1, 0.15) is 41.5 Å². The van der Waals surface area contributed by atoms with Gasteiger partial charge in [-0.1, -0.05) is 41.5 Å². The summed E-state index contributed by atoms with van der Waals surface area (Å²) in [7, 11) is 0. The van der Waals surface area contributed by atoms with Crippen molar-refractivity contribution in [2.75, 3.05) is 0 Å². The van der Waals surface area contributed by atoms with E-state index >= 15 is 0 Å². The SMILES string of the molecule is CC(C)C.CC(C)C.S.S.S.S. The van der Waals surface area contributed by atoms with Gasteiger partial charge in [-0.3, -0.25) is 0 Å². The Hall–Kier alpha value is 1.40. The summed E-state index contributed by atoms with van der Waals surface area (Å²) in [4.78, 5) is 0. The Balaban J connectivity index is -0.0000000112. The number of hydrogen-bond donors (Lipinski definition) is 0. The van der Waals surface area contributed by atoms with Crippen molar-refractivity contribution in [3.8, 4) is 0 Å². The Morgan fingerprint density at radius 1 is 0.417 bits per heavy atom. The van der Waals surface area contributed by atoms with Gasteiger partial charge in [0.15, 0.2) is 0 Å². The van der Waals surface area contributed by atoms with E-state index in [1.54, 1.807) is 0 Å². The molecule has 0 bridgehead atoms. The predicted octanol–water partition coefficient (Wildman–Crippen LogP) is 3.78. The van der Waals surface area contributed by atoms with E-state index in [0.717, 1.165) is 11.8 Å². The lowest BCUT2D eigenvalue weighted by molar-refractivity contribution is 0.736. The minimum atomic E-state index is 0. The Bertz CT molecular complexity index is 26.5. The third-order valence-corrected chi connectivity index (χ3v) is 0. The lowest BCUT2D eigenvalue weighted by Crippen LogP contribution is -1.66. The van der Waals surface area contributed by atoms with E-state index in [4.69, 9.17) is 0 Å². The van der Waals surface area contributed by atoms with E-state index in [9.17, 15) is 0 Å². The Morgan fingerprint density at radius 3 is 0.417 bits per heavy atom. The lowest BCUT2D eigenvalue weighted by Gasteiger charge is -1.79. The Morgan fingerprint density at radius 2 is 0.417 bits per heavy atom. The van der Waals surface area contributed by atoms with E-state index in [2.05, 4.69) is 41.5 Å². The van der Waals surface area contributed by atoms with E-state index in [0.29, 0.717) is 0 Å². The highest BCUT2D eigenvalue weighted by Crippen LogP contribution is 1.81. The van der Waals surface area contributed by atoms with E-state index in [1.807, 2.05) is 0 Å². The molecule has 0 atom stereocenters. The molecule has 0 unspecified atom stereocenters. The second kappa shape index (κ2) is 29.4. The molecule has 0 N–H and O–H groups in total. The molecule has 0 saturated carbocycles. The molecule has 0 amide bonds. The fourth-order valence-electron chi connectivity index (χ4n) is 0. The van der Waals surface area contributed by atoms with Gasteiger partial charge in [0.1, 0.15) is 0 Å². The van der Waals surface area contributed by atoms with Crippen molar-refractivity contribution >= 4 is 54.0 Å². The zero-order valence-corrected chi connectivity index (χ0v) is 13.2. The highest BCUT2D eigenvalue weighted by Gasteiger charge is 1.68. The summed E-state index contributed by atoms with van der Waals surface area (Å²) >= 11 is 0. The average molecular weight is 253 g/mol. The second-order valence-electron chi connectivity index (χ2n) is 3.46. The highest BCUT2D eigenvalue weighted by molar-refractivity contribution is 7.59. The summed E-state index contributed by atoms with van der Waals surface area (Å²) in [6.07, 6.45) is 0. The van der Waals surface area contributed by atoms with Crippen molar-refractivity contribution in [3.05, 3.63) is 0 Å². The summed E-state index contributed by atoms with van der Waals surface area (Å²) in [6, 6.07) is 0. The first-order valence-electron chi connectivity index (χ1n) is 3.46. The van der Waals surface area contributed by atoms with Crippen LogP contribution in [0.15, 0.2) is 0 Å². The minimum absolute atomic E-state index is 0. The quantitative estimate of drug-likeness (QED) is 0.615. The molecular weight excluding hydrogens is 224 g/mol. The maximum Gasteiger partial charge on any atom is -0.0500 e. The highest BCUT2D eigenvalue weighted by atomic mass is 32.1. The van der Waals surface area contributed by atoms with Crippen LogP contribution in [-0.2, 0) is 0 Å². The molecule has 0 aromatic rings. The van der Waals surface area contributed by atoms with Crippen LogP contribution in [0.25, 0.3) is 0 Å². The Labute approximate surface area is 107 Å². The molecule has 0 nitrogen and oxygen atoms in total. The van der Waals surface area contributed by atoms with Crippen molar-refractivity contribution in [2.45, 2.75) is 41.5 Å². The van der Waals surface area contributed by atoms with Crippen LogP contribution in [0.4, 0.5) is 0 Å². The molecule has 4 heteroatoms. The zero-order valence-electron chi connectivity index (χ0n) is 9.15. The van der Waals surface area contributed by atoms with E-state index in [-0.39, 0.29) is 54.0 Å². The fraction of sp³-hybridized carbons (Fsp3) is 1.00. The molecule has 0 aliphatic heterocycles. The van der Waals surface area contributed by atoms with Gasteiger partial charge < -0.3 is 0 Å². The normalized spacial score (nSPS) is 6.00. The van der Waals surface area contributed by atoms with Crippen LogP contribution in [0.2, 0.25) is 0 Å². The smallest absolute Gasteiger partial charge is 0.0500 e. The summed E-state index contributed by atoms with van der Waals surface area (Å²) in [6.45, 7) is 13.0. The summed E-state index contributed by atoms with van der Waals surface area (Å²) in [5, 5.41) is 0. The third kappa shape index (κ3) is 629. The average Bonchev–Trinajstić information content (AvgIpc) is 1.25. The zero-order chi connectivity index (χ0) is 7.15. The Kier molecular flexibility index (Phi) is 92.3. The molecule has 0 spiro atoms. The molecule has 0 saturated heterocycles. The van der Waals surface area contributed by atoms with Gasteiger partial charge in [-0.05, 0) is 11.8 Å². The van der Waals surface area contributed by atoms with E-state index < -0.39 is 0 Å². The molecule has 0 aromatic heterocycles. The predicted molar refractivity (Wildman–Crippen MR) is 82.5 cm³/mol. The van der Waals surface area contributed by atoms with Crippen LogP contribution in [0.5, 0.6) is 0 Å². The van der Waals surface area contributed by atoms with Crippen LogP contribution in [0, 0.1) is 11.8 Å². The molecule has 0 fully saturated rings. The van der Waals surface area contributed by atoms with Crippen molar-refractivity contribution in [2.24, 2.45) is 11.8 Å². The summed E-state index contributed by atoms with van der Waals surface area (Å²) < 4.78 is 0. The van der Waals surface area contributed by atoms with Crippen LogP contribution >= 0.6 is 54.0 Å². The first-order chi connectivity index (χ1) is 3.46. The van der Waals surface area contributed by atoms with Gasteiger partial charge in [-0.25, -0.2) is 0 Å². The topological polar surface area (TPSA) is 0 Å². The number of hydrogen-bond acceptors (Lipinski definition) is 0. The first kappa shape index (κ1) is 37.6. The number of rotatable bonds is 0. The molecule has 0 radical (unpaired) electrons. The first-order valence-corrected chi connectivity index (χ1v) is 3.46. The maximum atomic E-state index is 2.17. The van der Waals surface area contributed by atoms with Crippen molar-refractivity contribution in [1.29, 1.82) is 0 Å². The van der Waals surface area contributed by atoms with Gasteiger partial charge in [0.05, 0.1) is 0 Å². The summed E-state index contributed by atoms with van der Waals surface area (Å²) in [5.41, 5.74) is 0. The standard InChI is InChI=1S/2C4H10.4H2S/c2*1-4(2)3;;;;/h2*4H,1-3H3;4*1H2. The van der Waals surface area contributed by atoms with Crippen molar-refractivity contribution < 1.29 is 0 Å². The van der Waals surface area contributed by atoms with Gasteiger partial charge in [0.25, 0.3) is 0 Å². The van der Waals surface area contributed by atoms with Crippen molar-refractivity contribution in [1.82, 2.24) is 0 Å². The molecule has 12 heavy (non-hydrogen) atoms. The summed E-state index contributed by atoms with van der Waals surface area (Å²) in [5.74, 6) is 1.67. The molecule has 0 aliphatic carbocycles. The van der Waals surface area contributed by atoms with Gasteiger partial charge in [-0.2, -0.15) is 54.0 Å². The molecule has 0 aromatic carbocycles. The van der Waals surface area contributed by atoms with E-state index in [1.165, 1.54) is 0 Å². The van der Waals surface area contributed by atoms with Gasteiger partial charge in [0.2, 0.25) is 0 Å². The van der Waals surface area contributed by atoms with Gasteiger partial charge >= 0.3 is 0 Å². The van der Waals surface area contributed by atoms with Crippen LogP contribution in [0.3, 0.4) is 0 Å². The molecule has 0 heterocycles. The monoisotopic (exact) mass is 252 g/mol. The molecular formula is C8H28S4. The van der Waals surface area contributed by atoms with Crippen LogP contribution < -0.4 is 0 Å². The van der Waals surface area contributed by atoms with Crippen molar-refractivity contribution in [3.63, 3.8) is 0 Å². The minimum Gasteiger partial charge on any atom is -0.197 e. The largest absolute Gasteiger partial charge is 0.197 e. The molecule has 84 valence electrons. The third-order valence-electron chi connectivity index (χ3n) is 0. The lowest BCUT2D eigenvalue weighted by atomic mass is 10.3. The molecule has 0 aliphatic rings. The van der Waals surface area contributed by atoms with Crippen LogP contribution in [-0.4, -0.2) is 0 Å². The molecule has 0 rings (SSSR count). The maximum absolute atomic E-state index is 2.17. The van der Waals surface area contributed by atoms with Gasteiger partial charge in [-0.15, -0.1) is 0 Å². The fourth-order valence-corrected chi connectivity index (χ4v) is 0.